The van der Waals surface area contributed by atoms with Crippen molar-refractivity contribution in [2.45, 2.75) is 31.3 Å². The predicted molar refractivity (Wildman–Crippen MR) is 124 cm³/mol. The van der Waals surface area contributed by atoms with E-state index in [0.717, 1.165) is 34.9 Å². The molecule has 3 aromatic rings. The molecule has 2 atom stereocenters. The van der Waals surface area contributed by atoms with Crippen molar-refractivity contribution in [3.63, 3.8) is 0 Å². The summed E-state index contributed by atoms with van der Waals surface area (Å²) in [5.41, 5.74) is 7.07. The van der Waals surface area contributed by atoms with E-state index in [-0.39, 0.29) is 18.0 Å². The number of aromatic nitrogens is 1. The highest BCUT2D eigenvalue weighted by molar-refractivity contribution is 5.90. The summed E-state index contributed by atoms with van der Waals surface area (Å²) in [6.07, 6.45) is 7.36. The number of nitrogens with one attached hydrogen (secondary N) is 3. The number of hydroxylamine groups is 1. The van der Waals surface area contributed by atoms with Gasteiger partial charge < -0.3 is 9.88 Å². The highest BCUT2D eigenvalue weighted by Gasteiger charge is 2.29. The maximum absolute atomic E-state index is 13.0. The molecule has 0 fully saturated rings. The van der Waals surface area contributed by atoms with E-state index in [2.05, 4.69) is 28.5 Å². The standard InChI is InChI=1S/C25H28N4O3/c1-29(2)25(31)23(14-18-15-26-21-6-4-3-5-19(18)21)27-22-11-9-17-13-16(7-10-20(17)22)8-12-24(30)28-32/h3-8,10,12-13,15,22-23,26-27,32H,9,11,14H2,1-2H3,(H,28,30)/b12-8+. The molecular weight excluding hydrogens is 404 g/mol. The first-order valence-electron chi connectivity index (χ1n) is 10.7. The second-order valence-electron chi connectivity index (χ2n) is 8.37. The lowest BCUT2D eigenvalue weighted by molar-refractivity contribution is -0.131. The summed E-state index contributed by atoms with van der Waals surface area (Å²) in [7, 11) is 3.58. The summed E-state index contributed by atoms with van der Waals surface area (Å²) in [4.78, 5) is 29.2. The monoisotopic (exact) mass is 432 g/mol. The van der Waals surface area contributed by atoms with Crippen LogP contribution in [0.1, 0.15) is 34.7 Å². The van der Waals surface area contributed by atoms with Crippen molar-refractivity contribution in [3.05, 3.63) is 77.0 Å². The third kappa shape index (κ3) is 4.59. The Hall–Kier alpha value is -3.42. The number of fused-ring (bicyclic) bond motifs is 2. The molecule has 1 aliphatic carbocycles. The van der Waals surface area contributed by atoms with Crippen LogP contribution < -0.4 is 10.8 Å². The van der Waals surface area contributed by atoms with E-state index in [9.17, 15) is 9.59 Å². The van der Waals surface area contributed by atoms with E-state index in [1.54, 1.807) is 30.6 Å². The third-order valence-corrected chi connectivity index (χ3v) is 6.02. The number of likely N-dealkylation sites (N-methyl/N-ethyl adjacent to an activating group) is 1. The lowest BCUT2D eigenvalue weighted by Gasteiger charge is -2.25. The first-order valence-corrected chi connectivity index (χ1v) is 10.7. The number of rotatable bonds is 7. The van der Waals surface area contributed by atoms with E-state index in [4.69, 9.17) is 5.21 Å². The van der Waals surface area contributed by atoms with Gasteiger partial charge in [0.2, 0.25) is 5.91 Å². The number of hydrogen-bond acceptors (Lipinski definition) is 4. The summed E-state index contributed by atoms with van der Waals surface area (Å²) in [5.74, 6) is -0.509. The summed E-state index contributed by atoms with van der Waals surface area (Å²) < 4.78 is 0. The molecule has 0 aliphatic heterocycles. The second-order valence-corrected chi connectivity index (χ2v) is 8.37. The lowest BCUT2D eigenvalue weighted by Crippen LogP contribution is -2.46. The van der Waals surface area contributed by atoms with Crippen molar-refractivity contribution in [1.29, 1.82) is 0 Å². The lowest BCUT2D eigenvalue weighted by atomic mass is 10.0. The molecule has 0 saturated carbocycles. The van der Waals surface area contributed by atoms with Gasteiger partial charge in [0.05, 0.1) is 6.04 Å². The van der Waals surface area contributed by atoms with Crippen LogP contribution >= 0.6 is 0 Å². The Labute approximate surface area is 187 Å². The molecule has 1 heterocycles. The summed E-state index contributed by atoms with van der Waals surface area (Å²) in [6, 6.07) is 13.9. The molecule has 2 amide bonds. The van der Waals surface area contributed by atoms with Gasteiger partial charge in [-0.25, -0.2) is 5.48 Å². The van der Waals surface area contributed by atoms with Crippen molar-refractivity contribution in [1.82, 2.24) is 20.7 Å². The van der Waals surface area contributed by atoms with Gasteiger partial charge >= 0.3 is 0 Å². The smallest absolute Gasteiger partial charge is 0.267 e. The van der Waals surface area contributed by atoms with Gasteiger partial charge in [-0.05, 0) is 53.7 Å². The van der Waals surface area contributed by atoms with Crippen LogP contribution in [0.4, 0.5) is 0 Å². The first-order chi connectivity index (χ1) is 15.5. The Bertz CT molecular complexity index is 1160. The summed E-state index contributed by atoms with van der Waals surface area (Å²) in [5, 5.41) is 13.4. The van der Waals surface area contributed by atoms with Gasteiger partial charge in [-0.15, -0.1) is 0 Å². The molecule has 1 aliphatic rings. The van der Waals surface area contributed by atoms with Crippen LogP contribution in [0, 0.1) is 0 Å². The van der Waals surface area contributed by atoms with Gasteiger partial charge in [-0.3, -0.25) is 20.1 Å². The van der Waals surface area contributed by atoms with Crippen molar-refractivity contribution >= 4 is 28.8 Å². The number of benzene rings is 2. The summed E-state index contributed by atoms with van der Waals surface area (Å²) in [6.45, 7) is 0. The van der Waals surface area contributed by atoms with Crippen molar-refractivity contribution < 1.29 is 14.8 Å². The second kappa shape index (κ2) is 9.38. The van der Waals surface area contributed by atoms with Gasteiger partial charge in [0.25, 0.3) is 5.91 Å². The molecule has 4 rings (SSSR count). The van der Waals surface area contributed by atoms with Crippen LogP contribution in [0.5, 0.6) is 0 Å². The molecule has 1 aromatic heterocycles. The minimum atomic E-state index is -0.563. The van der Waals surface area contributed by atoms with Crippen LogP contribution in [-0.4, -0.2) is 47.0 Å². The molecule has 0 bridgehead atoms. The number of hydrogen-bond donors (Lipinski definition) is 4. The number of para-hydroxylation sites is 1. The minimum Gasteiger partial charge on any atom is -0.361 e. The molecule has 0 radical (unpaired) electrons. The van der Waals surface area contributed by atoms with Crippen molar-refractivity contribution in [2.75, 3.05) is 14.1 Å². The highest BCUT2D eigenvalue weighted by Crippen LogP contribution is 2.33. The van der Waals surface area contributed by atoms with E-state index >= 15 is 0 Å². The maximum Gasteiger partial charge on any atom is 0.267 e. The molecule has 7 nitrogen and oxygen atoms in total. The quantitative estimate of drug-likeness (QED) is 0.262. The average molecular weight is 433 g/mol. The highest BCUT2D eigenvalue weighted by atomic mass is 16.5. The van der Waals surface area contributed by atoms with Crippen molar-refractivity contribution in [2.24, 2.45) is 0 Å². The molecule has 4 N–H and O–H groups in total. The fourth-order valence-electron chi connectivity index (χ4n) is 4.42. The maximum atomic E-state index is 13.0. The van der Waals surface area contributed by atoms with Crippen LogP contribution in [-0.2, 0) is 22.4 Å². The molecule has 0 spiro atoms. The Morgan fingerprint density at radius 2 is 2.06 bits per heavy atom. The Morgan fingerprint density at radius 1 is 1.25 bits per heavy atom. The number of amides is 2. The molecular formula is C25H28N4O3. The van der Waals surface area contributed by atoms with Gasteiger partial charge in [-0.1, -0.05) is 36.4 Å². The fourth-order valence-corrected chi connectivity index (χ4v) is 4.42. The number of carbonyl (C=O) groups is 2. The van der Waals surface area contributed by atoms with Crippen LogP contribution in [0.3, 0.4) is 0 Å². The summed E-state index contributed by atoms with van der Waals surface area (Å²) >= 11 is 0. The van der Waals surface area contributed by atoms with E-state index < -0.39 is 5.91 Å². The fraction of sp³-hybridized carbons (Fsp3) is 0.280. The Morgan fingerprint density at radius 3 is 2.84 bits per heavy atom. The topological polar surface area (TPSA) is 97.5 Å². The van der Waals surface area contributed by atoms with Crippen LogP contribution in [0.25, 0.3) is 17.0 Å². The third-order valence-electron chi connectivity index (χ3n) is 6.02. The van der Waals surface area contributed by atoms with Gasteiger partial charge in [0.15, 0.2) is 0 Å². The molecule has 32 heavy (non-hydrogen) atoms. The molecule has 2 unspecified atom stereocenters. The number of H-pyrrole nitrogens is 1. The zero-order chi connectivity index (χ0) is 22.7. The van der Waals surface area contributed by atoms with E-state index in [1.165, 1.54) is 17.2 Å². The normalized spacial score (nSPS) is 16.3. The SMILES string of the molecule is CN(C)C(=O)C(Cc1c[nH]c2ccccc12)NC1CCc2cc(/C=C/C(=O)NO)ccc21. The van der Waals surface area contributed by atoms with Crippen molar-refractivity contribution in [3.8, 4) is 0 Å². The van der Waals surface area contributed by atoms with Crippen LogP contribution in [0.15, 0.2) is 54.7 Å². The Kier molecular flexibility index (Phi) is 6.39. The van der Waals surface area contributed by atoms with Gasteiger partial charge in [0.1, 0.15) is 0 Å². The molecule has 7 heteroatoms. The largest absolute Gasteiger partial charge is 0.361 e. The number of aromatic amines is 1. The molecule has 2 aromatic carbocycles. The molecule has 166 valence electrons. The van der Waals surface area contributed by atoms with Gasteiger partial charge in [0, 0.05) is 43.3 Å². The van der Waals surface area contributed by atoms with Crippen LogP contribution in [0.2, 0.25) is 0 Å². The average Bonchev–Trinajstić information content (AvgIpc) is 3.40. The number of aryl methyl sites for hydroxylation is 1. The predicted octanol–water partition coefficient (Wildman–Crippen LogP) is 2.96. The number of carbonyl (C=O) groups excluding carboxylic acids is 2. The number of nitrogens with zero attached hydrogens (tertiary/aromatic N) is 1. The first kappa shape index (κ1) is 21.8. The van der Waals surface area contributed by atoms with E-state index in [1.807, 2.05) is 30.5 Å². The zero-order valence-electron chi connectivity index (χ0n) is 18.3. The molecule has 0 saturated heterocycles. The van der Waals surface area contributed by atoms with Gasteiger partial charge in [-0.2, -0.15) is 0 Å². The zero-order valence-corrected chi connectivity index (χ0v) is 18.3. The minimum absolute atomic E-state index is 0.0540. The van der Waals surface area contributed by atoms with E-state index in [0.29, 0.717) is 6.42 Å². The Balaban J connectivity index is 1.54.